The largest absolute Gasteiger partial charge is 0.493 e. The van der Waals surface area contributed by atoms with E-state index in [1.807, 2.05) is 12.1 Å². The smallest absolute Gasteiger partial charge is 0.313 e. The number of rotatable bonds is 3. The first kappa shape index (κ1) is 16.0. The van der Waals surface area contributed by atoms with Crippen LogP contribution in [0.4, 0.5) is 5.69 Å². The molecule has 6 nitrogen and oxygen atoms in total. The Bertz CT molecular complexity index is 748. The van der Waals surface area contributed by atoms with Gasteiger partial charge in [-0.3, -0.25) is 9.59 Å². The molecule has 1 atom stereocenters. The van der Waals surface area contributed by atoms with Gasteiger partial charge >= 0.3 is 11.8 Å². The van der Waals surface area contributed by atoms with Crippen LogP contribution in [0.3, 0.4) is 0 Å². The highest BCUT2D eigenvalue weighted by molar-refractivity contribution is 6.39. The van der Waals surface area contributed by atoms with Crippen molar-refractivity contribution in [2.24, 2.45) is 0 Å². The average Bonchev–Trinajstić information content (AvgIpc) is 2.61. The quantitative estimate of drug-likeness (QED) is 0.744. The summed E-state index contributed by atoms with van der Waals surface area (Å²) in [6, 6.07) is 15.8. The molecule has 0 aromatic heterocycles. The molecule has 1 aliphatic rings. The Morgan fingerprint density at radius 1 is 1.04 bits per heavy atom. The SMILES string of the molecule is O=C(NCC1(O)CCOc2ccccc21)C(=O)Nc1ccccc1. The van der Waals surface area contributed by atoms with Crippen molar-refractivity contribution < 1.29 is 19.4 Å². The Morgan fingerprint density at radius 3 is 2.54 bits per heavy atom. The predicted molar refractivity (Wildman–Crippen MR) is 88.5 cm³/mol. The van der Waals surface area contributed by atoms with Crippen molar-refractivity contribution in [1.29, 1.82) is 0 Å². The van der Waals surface area contributed by atoms with Crippen LogP contribution in [0, 0.1) is 0 Å². The van der Waals surface area contributed by atoms with Gasteiger partial charge in [0, 0.05) is 17.7 Å². The van der Waals surface area contributed by atoms with E-state index in [-0.39, 0.29) is 6.54 Å². The second-order valence-corrected chi connectivity index (χ2v) is 5.63. The lowest BCUT2D eigenvalue weighted by Crippen LogP contribution is -2.46. The van der Waals surface area contributed by atoms with E-state index in [1.165, 1.54) is 0 Å². The molecule has 1 unspecified atom stereocenters. The minimum absolute atomic E-state index is 0.0611. The number of amides is 2. The fraction of sp³-hybridized carbons (Fsp3) is 0.222. The first-order chi connectivity index (χ1) is 11.6. The van der Waals surface area contributed by atoms with Crippen molar-refractivity contribution in [1.82, 2.24) is 5.32 Å². The van der Waals surface area contributed by atoms with Crippen molar-refractivity contribution in [3.05, 3.63) is 60.2 Å². The summed E-state index contributed by atoms with van der Waals surface area (Å²) in [6.07, 6.45) is 0.338. The van der Waals surface area contributed by atoms with Crippen molar-refractivity contribution in [3.63, 3.8) is 0 Å². The van der Waals surface area contributed by atoms with Crippen LogP contribution < -0.4 is 15.4 Å². The van der Waals surface area contributed by atoms with E-state index in [0.29, 0.717) is 30.0 Å². The second kappa shape index (κ2) is 6.72. The van der Waals surface area contributed by atoms with E-state index in [0.717, 1.165) is 0 Å². The maximum atomic E-state index is 12.0. The summed E-state index contributed by atoms with van der Waals surface area (Å²) in [7, 11) is 0. The maximum absolute atomic E-state index is 12.0. The van der Waals surface area contributed by atoms with Crippen LogP contribution in [-0.4, -0.2) is 30.1 Å². The van der Waals surface area contributed by atoms with Gasteiger partial charge in [0.25, 0.3) is 0 Å². The molecule has 24 heavy (non-hydrogen) atoms. The minimum atomic E-state index is -1.25. The number of ether oxygens (including phenoxy) is 1. The van der Waals surface area contributed by atoms with Crippen molar-refractivity contribution >= 4 is 17.5 Å². The number of carbonyl (C=O) groups is 2. The number of hydrogen-bond donors (Lipinski definition) is 3. The molecule has 0 fully saturated rings. The molecule has 0 radical (unpaired) electrons. The highest BCUT2D eigenvalue weighted by Gasteiger charge is 2.36. The third-order valence-corrected chi connectivity index (χ3v) is 3.94. The van der Waals surface area contributed by atoms with Crippen LogP contribution in [0.2, 0.25) is 0 Å². The Morgan fingerprint density at radius 2 is 1.75 bits per heavy atom. The van der Waals surface area contributed by atoms with Crippen molar-refractivity contribution in [2.45, 2.75) is 12.0 Å². The van der Waals surface area contributed by atoms with E-state index in [4.69, 9.17) is 4.74 Å². The number of carbonyl (C=O) groups excluding carboxylic acids is 2. The molecule has 124 valence electrons. The number of anilines is 1. The second-order valence-electron chi connectivity index (χ2n) is 5.63. The van der Waals surface area contributed by atoms with E-state index in [9.17, 15) is 14.7 Å². The summed E-state index contributed by atoms with van der Waals surface area (Å²) in [5, 5.41) is 15.8. The predicted octanol–water partition coefficient (Wildman–Crippen LogP) is 1.41. The maximum Gasteiger partial charge on any atom is 0.313 e. The molecule has 0 saturated carbocycles. The molecule has 1 aliphatic heterocycles. The van der Waals surface area contributed by atoms with Gasteiger partial charge in [-0.1, -0.05) is 36.4 Å². The number of aliphatic hydroxyl groups is 1. The van der Waals surface area contributed by atoms with Crippen LogP contribution in [0.1, 0.15) is 12.0 Å². The first-order valence-electron chi connectivity index (χ1n) is 7.67. The summed E-state index contributed by atoms with van der Waals surface area (Å²) >= 11 is 0. The lowest BCUT2D eigenvalue weighted by molar-refractivity contribution is -0.137. The monoisotopic (exact) mass is 326 g/mol. The highest BCUT2D eigenvalue weighted by atomic mass is 16.5. The Balaban J connectivity index is 1.63. The Labute approximate surface area is 139 Å². The van der Waals surface area contributed by atoms with Crippen LogP contribution in [0.5, 0.6) is 5.75 Å². The molecule has 0 saturated heterocycles. The molecule has 0 spiro atoms. The van der Waals surface area contributed by atoms with E-state index >= 15 is 0 Å². The summed E-state index contributed by atoms with van der Waals surface area (Å²) < 4.78 is 5.50. The summed E-state index contributed by atoms with van der Waals surface area (Å²) in [4.78, 5) is 23.9. The molecule has 0 aliphatic carbocycles. The molecule has 1 heterocycles. The number of para-hydroxylation sites is 2. The van der Waals surface area contributed by atoms with Gasteiger partial charge in [-0.25, -0.2) is 0 Å². The summed E-state index contributed by atoms with van der Waals surface area (Å²) in [6.45, 7) is 0.286. The van der Waals surface area contributed by atoms with Crippen LogP contribution in [-0.2, 0) is 15.2 Å². The van der Waals surface area contributed by atoms with Gasteiger partial charge in [0.05, 0.1) is 13.2 Å². The number of benzene rings is 2. The Kier molecular flexibility index (Phi) is 4.48. The average molecular weight is 326 g/mol. The number of nitrogens with one attached hydrogen (secondary N) is 2. The molecular formula is C18H18N2O4. The molecule has 6 heteroatoms. The van der Waals surface area contributed by atoms with E-state index < -0.39 is 17.4 Å². The number of fused-ring (bicyclic) bond motifs is 1. The summed E-state index contributed by atoms with van der Waals surface area (Å²) in [5.74, 6) is -0.976. The standard InChI is InChI=1S/C18H18N2O4/c21-16(17(22)20-13-6-2-1-3-7-13)19-12-18(23)10-11-24-15-9-5-4-8-14(15)18/h1-9,23H,10-12H2,(H,19,21)(H,20,22). The fourth-order valence-electron chi connectivity index (χ4n) is 2.64. The summed E-state index contributed by atoms with van der Waals surface area (Å²) in [5.41, 5.74) is -0.106. The van der Waals surface area contributed by atoms with Crippen LogP contribution in [0.25, 0.3) is 0 Å². The first-order valence-corrected chi connectivity index (χ1v) is 7.67. The van der Waals surface area contributed by atoms with Crippen LogP contribution in [0.15, 0.2) is 54.6 Å². The van der Waals surface area contributed by atoms with Gasteiger partial charge in [-0.15, -0.1) is 0 Å². The van der Waals surface area contributed by atoms with E-state index in [1.54, 1.807) is 42.5 Å². The van der Waals surface area contributed by atoms with Gasteiger partial charge in [0.1, 0.15) is 11.4 Å². The molecule has 2 aromatic carbocycles. The zero-order chi connectivity index (χ0) is 17.0. The molecule has 0 bridgehead atoms. The minimum Gasteiger partial charge on any atom is -0.493 e. The third-order valence-electron chi connectivity index (χ3n) is 3.94. The van der Waals surface area contributed by atoms with Crippen molar-refractivity contribution in [3.8, 4) is 5.75 Å². The highest BCUT2D eigenvalue weighted by Crippen LogP contribution is 2.36. The third kappa shape index (κ3) is 3.38. The molecule has 3 N–H and O–H groups in total. The molecular weight excluding hydrogens is 308 g/mol. The van der Waals surface area contributed by atoms with Gasteiger partial charge < -0.3 is 20.5 Å². The van der Waals surface area contributed by atoms with Gasteiger partial charge in [-0.05, 0) is 18.2 Å². The fourth-order valence-corrected chi connectivity index (χ4v) is 2.64. The molecule has 2 amide bonds. The zero-order valence-electron chi connectivity index (χ0n) is 13.0. The molecule has 2 aromatic rings. The zero-order valence-corrected chi connectivity index (χ0v) is 13.0. The topological polar surface area (TPSA) is 87.7 Å². The van der Waals surface area contributed by atoms with Gasteiger partial charge in [-0.2, -0.15) is 0 Å². The number of hydrogen-bond acceptors (Lipinski definition) is 4. The molecule has 3 rings (SSSR count). The van der Waals surface area contributed by atoms with Crippen LogP contribution >= 0.6 is 0 Å². The van der Waals surface area contributed by atoms with Gasteiger partial charge in [0.2, 0.25) is 0 Å². The van der Waals surface area contributed by atoms with E-state index in [2.05, 4.69) is 10.6 Å². The lowest BCUT2D eigenvalue weighted by Gasteiger charge is -2.34. The lowest BCUT2D eigenvalue weighted by atomic mass is 9.88. The Hall–Kier alpha value is -2.86. The van der Waals surface area contributed by atoms with Crippen molar-refractivity contribution in [2.75, 3.05) is 18.5 Å². The van der Waals surface area contributed by atoms with Gasteiger partial charge in [0.15, 0.2) is 0 Å². The normalized spacial score (nSPS) is 18.9.